The average Bonchev–Trinajstić information content (AvgIpc) is 2.52. The topological polar surface area (TPSA) is 87.7 Å². The van der Waals surface area contributed by atoms with Crippen molar-refractivity contribution < 1.29 is 19.4 Å². The van der Waals surface area contributed by atoms with Crippen LogP contribution in [0.4, 0.5) is 0 Å². The minimum atomic E-state index is -0.653. The fourth-order valence-corrected chi connectivity index (χ4v) is 1.74. The molecule has 0 saturated heterocycles. The molecule has 6 nitrogen and oxygen atoms in total. The van der Waals surface area contributed by atoms with Gasteiger partial charge in [-0.15, -0.1) is 0 Å². The van der Waals surface area contributed by atoms with E-state index in [1.54, 1.807) is 13.2 Å². The number of methoxy groups -OCH3 is 1. The van der Waals surface area contributed by atoms with E-state index >= 15 is 0 Å². The van der Waals surface area contributed by atoms with Gasteiger partial charge in [0.15, 0.2) is 0 Å². The number of hydrogen-bond acceptors (Lipinski definition) is 4. The summed E-state index contributed by atoms with van der Waals surface area (Å²) in [5.74, 6) is -0.586. The standard InChI is InChI=1S/C15H22N2O4/c1-21-13-7-5-6-12(10-13)11-17-15(20)14(19)16-8-3-2-4-9-18/h5-7,10,18H,2-4,8-9,11H2,1H3,(H,16,19)(H,17,20). The summed E-state index contributed by atoms with van der Waals surface area (Å²) in [5.41, 5.74) is 0.860. The van der Waals surface area contributed by atoms with Gasteiger partial charge in [0.1, 0.15) is 5.75 Å². The Morgan fingerprint density at radius 3 is 2.62 bits per heavy atom. The number of aliphatic hydroxyl groups is 1. The highest BCUT2D eigenvalue weighted by Crippen LogP contribution is 2.11. The van der Waals surface area contributed by atoms with Gasteiger partial charge in [0.05, 0.1) is 7.11 Å². The Bertz CT molecular complexity index is 463. The predicted octanol–water partition coefficient (Wildman–Crippen LogP) is 0.590. The Hall–Kier alpha value is -2.08. The van der Waals surface area contributed by atoms with Crippen molar-refractivity contribution in [2.75, 3.05) is 20.3 Å². The molecule has 0 fully saturated rings. The van der Waals surface area contributed by atoms with Gasteiger partial charge in [0.2, 0.25) is 0 Å². The van der Waals surface area contributed by atoms with E-state index < -0.39 is 11.8 Å². The van der Waals surface area contributed by atoms with Crippen LogP contribution in [0.3, 0.4) is 0 Å². The molecule has 1 rings (SSSR count). The van der Waals surface area contributed by atoms with Crippen LogP contribution in [0.15, 0.2) is 24.3 Å². The minimum absolute atomic E-state index is 0.148. The second-order valence-corrected chi connectivity index (χ2v) is 4.57. The van der Waals surface area contributed by atoms with Crippen LogP contribution < -0.4 is 15.4 Å². The molecule has 0 aromatic heterocycles. The number of carbonyl (C=O) groups is 2. The van der Waals surface area contributed by atoms with Crippen LogP contribution in [0.25, 0.3) is 0 Å². The second kappa shape index (κ2) is 9.77. The lowest BCUT2D eigenvalue weighted by molar-refractivity contribution is -0.139. The third-order valence-electron chi connectivity index (χ3n) is 2.91. The minimum Gasteiger partial charge on any atom is -0.497 e. The van der Waals surface area contributed by atoms with Crippen molar-refractivity contribution in [2.24, 2.45) is 0 Å². The zero-order chi connectivity index (χ0) is 15.5. The van der Waals surface area contributed by atoms with Crippen molar-refractivity contribution in [3.63, 3.8) is 0 Å². The Morgan fingerprint density at radius 1 is 1.14 bits per heavy atom. The first-order valence-electron chi connectivity index (χ1n) is 6.97. The molecule has 0 aliphatic heterocycles. The van der Waals surface area contributed by atoms with Crippen molar-refractivity contribution >= 4 is 11.8 Å². The smallest absolute Gasteiger partial charge is 0.309 e. The molecule has 0 atom stereocenters. The number of carbonyl (C=O) groups excluding carboxylic acids is 2. The molecule has 0 bridgehead atoms. The van der Waals surface area contributed by atoms with Gasteiger partial charge in [-0.3, -0.25) is 9.59 Å². The van der Waals surface area contributed by atoms with Crippen molar-refractivity contribution in [1.29, 1.82) is 0 Å². The molecule has 0 unspecified atom stereocenters. The molecule has 0 radical (unpaired) electrons. The summed E-state index contributed by atoms with van der Waals surface area (Å²) in [6, 6.07) is 7.27. The molecular weight excluding hydrogens is 272 g/mol. The monoisotopic (exact) mass is 294 g/mol. The van der Waals surface area contributed by atoms with Crippen LogP contribution in [0, 0.1) is 0 Å². The summed E-state index contributed by atoms with van der Waals surface area (Å²) in [7, 11) is 1.57. The van der Waals surface area contributed by atoms with Crippen molar-refractivity contribution in [2.45, 2.75) is 25.8 Å². The van der Waals surface area contributed by atoms with Gasteiger partial charge >= 0.3 is 11.8 Å². The van der Waals surface area contributed by atoms with Crippen molar-refractivity contribution in [3.05, 3.63) is 29.8 Å². The van der Waals surface area contributed by atoms with E-state index in [4.69, 9.17) is 9.84 Å². The maximum atomic E-state index is 11.6. The summed E-state index contributed by atoms with van der Waals surface area (Å²) in [5, 5.41) is 13.7. The van der Waals surface area contributed by atoms with Crippen LogP contribution in [0.5, 0.6) is 5.75 Å². The number of unbranched alkanes of at least 4 members (excludes halogenated alkanes) is 2. The summed E-state index contributed by atoms with van der Waals surface area (Å²) in [6.45, 7) is 0.856. The van der Waals surface area contributed by atoms with Crippen LogP contribution >= 0.6 is 0 Å². The molecule has 2 amide bonds. The molecule has 0 heterocycles. The molecule has 0 aliphatic carbocycles. The number of ether oxygens (including phenoxy) is 1. The first kappa shape index (κ1) is 17.0. The molecule has 0 spiro atoms. The molecule has 0 aliphatic rings. The van der Waals surface area contributed by atoms with E-state index in [2.05, 4.69) is 10.6 Å². The number of hydrogen-bond donors (Lipinski definition) is 3. The number of rotatable bonds is 8. The van der Waals surface area contributed by atoms with Gasteiger partial charge in [-0.2, -0.15) is 0 Å². The average molecular weight is 294 g/mol. The summed E-state index contributed by atoms with van der Waals surface area (Å²) in [4.78, 5) is 23.1. The van der Waals surface area contributed by atoms with Gasteiger partial charge in [-0.25, -0.2) is 0 Å². The number of amides is 2. The number of aliphatic hydroxyl groups excluding tert-OH is 1. The van der Waals surface area contributed by atoms with Crippen LogP contribution in [-0.4, -0.2) is 37.2 Å². The van der Waals surface area contributed by atoms with E-state index in [9.17, 15) is 9.59 Å². The van der Waals surface area contributed by atoms with E-state index in [1.807, 2.05) is 18.2 Å². The van der Waals surface area contributed by atoms with Gasteiger partial charge in [0.25, 0.3) is 0 Å². The van der Waals surface area contributed by atoms with Crippen molar-refractivity contribution in [1.82, 2.24) is 10.6 Å². The van der Waals surface area contributed by atoms with Gasteiger partial charge < -0.3 is 20.5 Å². The Kier molecular flexibility index (Phi) is 7.89. The number of nitrogens with one attached hydrogen (secondary N) is 2. The first-order chi connectivity index (χ1) is 10.2. The normalized spacial score (nSPS) is 10.0. The molecule has 0 saturated carbocycles. The molecule has 21 heavy (non-hydrogen) atoms. The third kappa shape index (κ3) is 6.76. The zero-order valence-corrected chi connectivity index (χ0v) is 12.2. The maximum Gasteiger partial charge on any atom is 0.309 e. The molecule has 1 aromatic rings. The lowest BCUT2D eigenvalue weighted by Crippen LogP contribution is -2.39. The highest BCUT2D eigenvalue weighted by atomic mass is 16.5. The first-order valence-corrected chi connectivity index (χ1v) is 6.97. The molecule has 116 valence electrons. The molecular formula is C15H22N2O4. The summed E-state index contributed by atoms with van der Waals surface area (Å²) in [6.07, 6.45) is 2.27. The maximum absolute atomic E-state index is 11.6. The van der Waals surface area contributed by atoms with Gasteiger partial charge in [-0.05, 0) is 37.0 Å². The highest BCUT2D eigenvalue weighted by molar-refractivity contribution is 6.35. The van der Waals surface area contributed by atoms with Crippen LogP contribution in [-0.2, 0) is 16.1 Å². The fourth-order valence-electron chi connectivity index (χ4n) is 1.74. The predicted molar refractivity (Wildman–Crippen MR) is 78.8 cm³/mol. The van der Waals surface area contributed by atoms with E-state index in [0.29, 0.717) is 18.7 Å². The molecule has 6 heteroatoms. The van der Waals surface area contributed by atoms with Crippen LogP contribution in [0.1, 0.15) is 24.8 Å². The quantitative estimate of drug-likeness (QED) is 0.484. The third-order valence-corrected chi connectivity index (χ3v) is 2.91. The largest absolute Gasteiger partial charge is 0.497 e. The van der Waals surface area contributed by atoms with E-state index in [-0.39, 0.29) is 13.2 Å². The van der Waals surface area contributed by atoms with Crippen molar-refractivity contribution in [3.8, 4) is 5.75 Å². The summed E-state index contributed by atoms with van der Waals surface area (Å²) >= 11 is 0. The SMILES string of the molecule is COc1cccc(CNC(=O)C(=O)NCCCCCO)c1. The lowest BCUT2D eigenvalue weighted by atomic mass is 10.2. The van der Waals surface area contributed by atoms with Crippen LogP contribution in [0.2, 0.25) is 0 Å². The fraction of sp³-hybridized carbons (Fsp3) is 0.467. The Balaban J connectivity index is 2.27. The second-order valence-electron chi connectivity index (χ2n) is 4.57. The number of benzene rings is 1. The molecule has 3 N–H and O–H groups in total. The Labute approximate surface area is 124 Å². The summed E-state index contributed by atoms with van der Waals surface area (Å²) < 4.78 is 5.08. The highest BCUT2D eigenvalue weighted by Gasteiger charge is 2.12. The molecule has 1 aromatic carbocycles. The van der Waals surface area contributed by atoms with E-state index in [0.717, 1.165) is 18.4 Å². The van der Waals surface area contributed by atoms with Gasteiger partial charge in [-0.1, -0.05) is 12.1 Å². The Morgan fingerprint density at radius 2 is 1.90 bits per heavy atom. The lowest BCUT2D eigenvalue weighted by Gasteiger charge is -2.07. The van der Waals surface area contributed by atoms with Gasteiger partial charge in [0, 0.05) is 19.7 Å². The zero-order valence-electron chi connectivity index (χ0n) is 12.2. The van der Waals surface area contributed by atoms with E-state index in [1.165, 1.54) is 0 Å².